The Labute approximate surface area is 103 Å². The highest BCUT2D eigenvalue weighted by Crippen LogP contribution is 2.30. The Bertz CT molecular complexity index is 274. The first-order chi connectivity index (χ1) is 7.84. The van der Waals surface area contributed by atoms with Crippen LogP contribution in [0.1, 0.15) is 33.6 Å². The van der Waals surface area contributed by atoms with E-state index in [-0.39, 0.29) is 12.7 Å². The van der Waals surface area contributed by atoms with Crippen molar-refractivity contribution in [1.82, 2.24) is 4.90 Å². The molecule has 1 aliphatic heterocycles. The molecule has 1 unspecified atom stereocenters. The number of rotatable bonds is 3. The van der Waals surface area contributed by atoms with E-state index in [1.165, 1.54) is 0 Å². The van der Waals surface area contributed by atoms with Crippen LogP contribution in [0.3, 0.4) is 0 Å². The van der Waals surface area contributed by atoms with Gasteiger partial charge in [0.1, 0.15) is 5.60 Å². The zero-order valence-electron chi connectivity index (χ0n) is 11.2. The molecule has 1 fully saturated rings. The Morgan fingerprint density at radius 3 is 2.59 bits per heavy atom. The molecule has 1 N–H and O–H groups in total. The lowest BCUT2D eigenvalue weighted by molar-refractivity contribution is -0.0287. The van der Waals surface area contributed by atoms with Gasteiger partial charge in [0.2, 0.25) is 0 Å². The van der Waals surface area contributed by atoms with Crippen molar-refractivity contribution in [2.45, 2.75) is 44.8 Å². The minimum Gasteiger partial charge on any atom is -0.444 e. The largest absolute Gasteiger partial charge is 0.444 e. The van der Waals surface area contributed by atoms with Crippen molar-refractivity contribution >= 4 is 6.09 Å². The first-order valence-electron chi connectivity index (χ1n) is 5.95. The fourth-order valence-electron chi connectivity index (χ4n) is 2.17. The summed E-state index contributed by atoms with van der Waals surface area (Å²) in [4.78, 5) is 13.6. The minimum absolute atomic E-state index is 0.0971. The summed E-state index contributed by atoms with van der Waals surface area (Å²) >= 11 is 0. The summed E-state index contributed by atoms with van der Waals surface area (Å²) in [5.74, 6) is 0. The third kappa shape index (κ3) is 3.33. The van der Waals surface area contributed by atoms with Crippen LogP contribution in [0.5, 0.6) is 0 Å². The zero-order valence-corrected chi connectivity index (χ0v) is 11.2. The van der Waals surface area contributed by atoms with Crippen LogP contribution < -0.4 is 0 Å². The lowest BCUT2D eigenvalue weighted by Crippen LogP contribution is -2.54. The molecular weight excluding hydrogens is 222 g/mol. The Morgan fingerprint density at radius 1 is 1.47 bits per heavy atom. The predicted octanol–water partition coefficient (Wildman–Crippen LogP) is 1.39. The molecule has 1 aliphatic rings. The number of hydrogen-bond acceptors (Lipinski definition) is 4. The molecule has 0 bridgehead atoms. The molecule has 0 aromatic carbocycles. The van der Waals surface area contributed by atoms with E-state index < -0.39 is 11.1 Å². The first-order valence-corrected chi connectivity index (χ1v) is 5.95. The number of methoxy groups -OCH3 is 1. The van der Waals surface area contributed by atoms with Crippen molar-refractivity contribution in [2.75, 3.05) is 26.9 Å². The highest BCUT2D eigenvalue weighted by atomic mass is 16.6. The summed E-state index contributed by atoms with van der Waals surface area (Å²) in [6.45, 7) is 6.34. The van der Waals surface area contributed by atoms with Gasteiger partial charge in [0, 0.05) is 13.7 Å². The molecule has 0 aromatic rings. The monoisotopic (exact) mass is 245 g/mol. The van der Waals surface area contributed by atoms with E-state index in [1.54, 1.807) is 12.0 Å². The molecule has 1 heterocycles. The highest BCUT2D eigenvalue weighted by Gasteiger charge is 2.45. The van der Waals surface area contributed by atoms with E-state index in [1.807, 2.05) is 20.8 Å². The Kier molecular flexibility index (Phi) is 4.38. The summed E-state index contributed by atoms with van der Waals surface area (Å²) in [5.41, 5.74) is -1.13. The molecule has 0 radical (unpaired) electrons. The average Bonchev–Trinajstić information content (AvgIpc) is 2.60. The molecule has 0 saturated carbocycles. The molecule has 5 heteroatoms. The van der Waals surface area contributed by atoms with Gasteiger partial charge in [-0.15, -0.1) is 0 Å². The van der Waals surface area contributed by atoms with Crippen LogP contribution in [0.4, 0.5) is 4.79 Å². The molecule has 17 heavy (non-hydrogen) atoms. The first kappa shape index (κ1) is 14.3. The second-order valence-electron chi connectivity index (χ2n) is 5.55. The molecule has 1 atom stereocenters. The average molecular weight is 245 g/mol. The lowest BCUT2D eigenvalue weighted by atomic mass is 9.99. The van der Waals surface area contributed by atoms with Gasteiger partial charge < -0.3 is 14.6 Å². The summed E-state index contributed by atoms with van der Waals surface area (Å²) in [7, 11) is 1.57. The molecule has 1 amide bonds. The molecule has 0 aliphatic carbocycles. The van der Waals surface area contributed by atoms with Crippen molar-refractivity contribution in [3.8, 4) is 0 Å². The maximum Gasteiger partial charge on any atom is 0.410 e. The number of nitrogens with zero attached hydrogens (tertiary/aromatic N) is 1. The molecule has 1 rings (SSSR count). The number of likely N-dealkylation sites (tertiary alicyclic amines) is 1. The van der Waals surface area contributed by atoms with Gasteiger partial charge in [0.15, 0.2) is 0 Å². The number of aliphatic hydroxyl groups is 1. The normalized spacial score (nSPS) is 25.1. The van der Waals surface area contributed by atoms with Crippen LogP contribution in [-0.4, -0.2) is 54.1 Å². The van der Waals surface area contributed by atoms with E-state index in [2.05, 4.69) is 0 Å². The SMILES string of the molecule is COCC1(CO)CCCN1C(=O)OC(C)(C)C. The number of carbonyl (C=O) groups is 1. The topological polar surface area (TPSA) is 59.0 Å². The van der Waals surface area contributed by atoms with Crippen LogP contribution in [0.15, 0.2) is 0 Å². The van der Waals surface area contributed by atoms with Crippen molar-refractivity contribution in [2.24, 2.45) is 0 Å². The van der Waals surface area contributed by atoms with Gasteiger partial charge in [-0.3, -0.25) is 4.90 Å². The van der Waals surface area contributed by atoms with E-state index in [0.717, 1.165) is 12.8 Å². The third-order valence-corrected chi connectivity index (χ3v) is 2.92. The number of ether oxygens (including phenoxy) is 2. The van der Waals surface area contributed by atoms with Crippen LogP contribution in [0.2, 0.25) is 0 Å². The van der Waals surface area contributed by atoms with Gasteiger partial charge in [-0.1, -0.05) is 0 Å². The van der Waals surface area contributed by atoms with Gasteiger partial charge >= 0.3 is 6.09 Å². The minimum atomic E-state index is -0.614. The van der Waals surface area contributed by atoms with Gasteiger partial charge in [-0.05, 0) is 33.6 Å². The number of carbonyl (C=O) groups excluding carboxylic acids is 1. The van der Waals surface area contributed by atoms with Gasteiger partial charge in [0.05, 0.1) is 18.8 Å². The lowest BCUT2D eigenvalue weighted by Gasteiger charge is -2.37. The van der Waals surface area contributed by atoms with E-state index >= 15 is 0 Å². The molecule has 1 saturated heterocycles. The summed E-state index contributed by atoms with van der Waals surface area (Å²) in [5, 5.41) is 9.54. The second kappa shape index (κ2) is 5.23. The molecule has 0 aromatic heterocycles. The van der Waals surface area contributed by atoms with Crippen molar-refractivity contribution in [3.63, 3.8) is 0 Å². The number of aliphatic hydroxyl groups excluding tert-OH is 1. The van der Waals surface area contributed by atoms with Crippen molar-refractivity contribution in [3.05, 3.63) is 0 Å². The van der Waals surface area contributed by atoms with E-state index in [9.17, 15) is 9.90 Å². The maximum atomic E-state index is 12.0. The Hall–Kier alpha value is -0.810. The summed E-state index contributed by atoms with van der Waals surface area (Å²) in [6.07, 6.45) is 1.24. The molecular formula is C12H23NO4. The molecule has 5 nitrogen and oxygen atoms in total. The fraction of sp³-hybridized carbons (Fsp3) is 0.917. The highest BCUT2D eigenvalue weighted by molar-refractivity contribution is 5.69. The zero-order chi connectivity index (χ0) is 13.1. The fourth-order valence-corrected chi connectivity index (χ4v) is 2.17. The Balaban J connectivity index is 2.77. The Morgan fingerprint density at radius 2 is 2.12 bits per heavy atom. The molecule has 0 spiro atoms. The van der Waals surface area contributed by atoms with Crippen molar-refractivity contribution in [1.29, 1.82) is 0 Å². The third-order valence-electron chi connectivity index (χ3n) is 2.92. The van der Waals surface area contributed by atoms with E-state index in [0.29, 0.717) is 13.2 Å². The van der Waals surface area contributed by atoms with Crippen LogP contribution >= 0.6 is 0 Å². The quantitative estimate of drug-likeness (QED) is 0.816. The van der Waals surface area contributed by atoms with Crippen molar-refractivity contribution < 1.29 is 19.4 Å². The standard InChI is InChI=1S/C12H23NO4/c1-11(2,3)17-10(15)13-7-5-6-12(13,8-14)9-16-4/h14H,5-9H2,1-4H3. The second-order valence-corrected chi connectivity index (χ2v) is 5.55. The van der Waals surface area contributed by atoms with Crippen LogP contribution in [-0.2, 0) is 9.47 Å². The number of amides is 1. The van der Waals surface area contributed by atoms with E-state index in [4.69, 9.17) is 9.47 Å². The van der Waals surface area contributed by atoms with Crippen LogP contribution in [0.25, 0.3) is 0 Å². The summed E-state index contributed by atoms with van der Waals surface area (Å²) < 4.78 is 10.5. The summed E-state index contributed by atoms with van der Waals surface area (Å²) in [6, 6.07) is 0. The number of hydrogen-bond donors (Lipinski definition) is 1. The van der Waals surface area contributed by atoms with Gasteiger partial charge in [-0.2, -0.15) is 0 Å². The smallest absolute Gasteiger partial charge is 0.410 e. The molecule has 100 valence electrons. The van der Waals surface area contributed by atoms with Gasteiger partial charge in [-0.25, -0.2) is 4.79 Å². The maximum absolute atomic E-state index is 12.0. The van der Waals surface area contributed by atoms with Crippen LogP contribution in [0, 0.1) is 0 Å². The predicted molar refractivity (Wildman–Crippen MR) is 63.9 cm³/mol. The van der Waals surface area contributed by atoms with Gasteiger partial charge in [0.25, 0.3) is 0 Å².